The molecule has 1 rings (SSSR count). The van der Waals surface area contributed by atoms with Gasteiger partial charge in [0.05, 0.1) is 12.6 Å². The van der Waals surface area contributed by atoms with Gasteiger partial charge in [0.1, 0.15) is 5.82 Å². The molecule has 0 aliphatic carbocycles. The van der Waals surface area contributed by atoms with Gasteiger partial charge in [-0.05, 0) is 31.5 Å². The second-order valence-electron chi connectivity index (χ2n) is 3.14. The summed E-state index contributed by atoms with van der Waals surface area (Å²) in [7, 11) is 0. The molecule has 0 saturated heterocycles. The molecule has 0 aliphatic rings. The molecule has 1 N–H and O–H groups in total. The second kappa shape index (κ2) is 5.34. The Labute approximate surface area is 88.2 Å². The van der Waals surface area contributed by atoms with Crippen molar-refractivity contribution < 1.29 is 13.9 Å². The number of ether oxygens (including phenoxy) is 1. The molecule has 15 heavy (non-hydrogen) atoms. The number of hydrogen-bond acceptors (Lipinski definition) is 2. The molecule has 3 nitrogen and oxygen atoms in total. The highest BCUT2D eigenvalue weighted by Crippen LogP contribution is 2.12. The molecule has 0 spiro atoms. The van der Waals surface area contributed by atoms with Gasteiger partial charge in [0.2, 0.25) is 0 Å². The topological polar surface area (TPSA) is 38.3 Å². The lowest BCUT2D eigenvalue weighted by atomic mass is 10.1. The van der Waals surface area contributed by atoms with Gasteiger partial charge in [0.15, 0.2) is 0 Å². The third-order valence-electron chi connectivity index (χ3n) is 1.98. The van der Waals surface area contributed by atoms with Gasteiger partial charge in [-0.1, -0.05) is 12.1 Å². The van der Waals surface area contributed by atoms with Gasteiger partial charge in [-0.2, -0.15) is 0 Å². The van der Waals surface area contributed by atoms with Crippen molar-refractivity contribution in [1.82, 2.24) is 5.32 Å². The lowest BCUT2D eigenvalue weighted by Crippen LogP contribution is -2.27. The Hall–Kier alpha value is -1.58. The predicted molar refractivity (Wildman–Crippen MR) is 55.0 cm³/mol. The van der Waals surface area contributed by atoms with Crippen molar-refractivity contribution in [2.75, 3.05) is 6.61 Å². The van der Waals surface area contributed by atoms with E-state index in [0.717, 1.165) is 5.56 Å². The van der Waals surface area contributed by atoms with Crippen LogP contribution < -0.4 is 5.32 Å². The van der Waals surface area contributed by atoms with Crippen LogP contribution in [0.2, 0.25) is 0 Å². The smallest absolute Gasteiger partial charge is 0.407 e. The van der Waals surface area contributed by atoms with Crippen LogP contribution in [0.1, 0.15) is 25.5 Å². The molecule has 0 saturated carbocycles. The number of carbonyl (C=O) groups is 1. The SMILES string of the molecule is CCOC(=O)NC(C)c1ccc(F)cc1. The highest BCUT2D eigenvalue weighted by atomic mass is 19.1. The maximum Gasteiger partial charge on any atom is 0.407 e. The van der Waals surface area contributed by atoms with Crippen molar-refractivity contribution >= 4 is 6.09 Å². The van der Waals surface area contributed by atoms with Gasteiger partial charge in [-0.25, -0.2) is 9.18 Å². The fourth-order valence-electron chi connectivity index (χ4n) is 1.18. The Kier molecular flexibility index (Phi) is 4.09. The molecular weight excluding hydrogens is 197 g/mol. The number of carbonyl (C=O) groups excluding carboxylic acids is 1. The summed E-state index contributed by atoms with van der Waals surface area (Å²) in [6, 6.07) is 5.79. The van der Waals surface area contributed by atoms with E-state index in [-0.39, 0.29) is 11.9 Å². The normalized spacial score (nSPS) is 11.9. The molecular formula is C11H14FNO2. The van der Waals surface area contributed by atoms with Crippen molar-refractivity contribution in [3.05, 3.63) is 35.6 Å². The van der Waals surface area contributed by atoms with Crippen LogP contribution in [-0.4, -0.2) is 12.7 Å². The molecule has 4 heteroatoms. The fraction of sp³-hybridized carbons (Fsp3) is 0.364. The quantitative estimate of drug-likeness (QED) is 0.834. The summed E-state index contributed by atoms with van der Waals surface area (Å²) in [5, 5.41) is 2.63. The van der Waals surface area contributed by atoms with Gasteiger partial charge < -0.3 is 10.1 Å². The molecule has 0 radical (unpaired) electrons. The first-order valence-corrected chi connectivity index (χ1v) is 4.82. The van der Waals surface area contributed by atoms with Crippen molar-refractivity contribution in [2.45, 2.75) is 19.9 Å². The molecule has 82 valence electrons. The molecule has 0 aromatic heterocycles. The van der Waals surface area contributed by atoms with Gasteiger partial charge in [-0.15, -0.1) is 0 Å². The third kappa shape index (κ3) is 3.58. The Bertz CT molecular complexity index is 324. The first-order valence-electron chi connectivity index (χ1n) is 4.82. The monoisotopic (exact) mass is 211 g/mol. The summed E-state index contributed by atoms with van der Waals surface area (Å²) >= 11 is 0. The Morgan fingerprint density at radius 2 is 2.07 bits per heavy atom. The van der Waals surface area contributed by atoms with Crippen molar-refractivity contribution in [3.8, 4) is 0 Å². The lowest BCUT2D eigenvalue weighted by molar-refractivity contribution is 0.149. The van der Waals surface area contributed by atoms with Crippen molar-refractivity contribution in [1.29, 1.82) is 0 Å². The molecule has 1 amide bonds. The van der Waals surface area contributed by atoms with E-state index in [1.807, 2.05) is 6.92 Å². The minimum absolute atomic E-state index is 0.190. The first kappa shape index (κ1) is 11.5. The summed E-state index contributed by atoms with van der Waals surface area (Å²) in [6.45, 7) is 3.88. The highest BCUT2D eigenvalue weighted by Gasteiger charge is 2.09. The molecule has 1 atom stereocenters. The van der Waals surface area contributed by atoms with E-state index in [2.05, 4.69) is 5.32 Å². The average Bonchev–Trinajstić information content (AvgIpc) is 2.18. The van der Waals surface area contributed by atoms with Gasteiger partial charge in [-0.3, -0.25) is 0 Å². The van der Waals surface area contributed by atoms with Gasteiger partial charge in [0, 0.05) is 0 Å². The Morgan fingerprint density at radius 1 is 1.47 bits per heavy atom. The molecule has 0 bridgehead atoms. The van der Waals surface area contributed by atoms with E-state index in [1.54, 1.807) is 19.1 Å². The van der Waals surface area contributed by atoms with Crippen LogP contribution in [0, 0.1) is 5.82 Å². The van der Waals surface area contributed by atoms with Crippen LogP contribution in [0.25, 0.3) is 0 Å². The number of hydrogen-bond donors (Lipinski definition) is 1. The number of alkyl carbamates (subject to hydrolysis) is 1. The van der Waals surface area contributed by atoms with Gasteiger partial charge in [0.25, 0.3) is 0 Å². The lowest BCUT2D eigenvalue weighted by Gasteiger charge is -2.13. The van der Waals surface area contributed by atoms with Crippen LogP contribution >= 0.6 is 0 Å². The Morgan fingerprint density at radius 3 is 2.60 bits per heavy atom. The Balaban J connectivity index is 2.57. The standard InChI is InChI=1S/C11H14FNO2/c1-3-15-11(14)13-8(2)9-4-6-10(12)7-5-9/h4-8H,3H2,1-2H3,(H,13,14). The van der Waals surface area contributed by atoms with Crippen LogP contribution in [0.3, 0.4) is 0 Å². The fourth-order valence-corrected chi connectivity index (χ4v) is 1.18. The number of nitrogens with one attached hydrogen (secondary N) is 1. The first-order chi connectivity index (χ1) is 7.13. The molecule has 1 aromatic rings. The summed E-state index contributed by atoms with van der Waals surface area (Å²) < 4.78 is 17.4. The minimum Gasteiger partial charge on any atom is -0.450 e. The summed E-state index contributed by atoms with van der Waals surface area (Å²) in [5.74, 6) is -0.290. The number of halogens is 1. The highest BCUT2D eigenvalue weighted by molar-refractivity contribution is 5.67. The number of rotatable bonds is 3. The third-order valence-corrected chi connectivity index (χ3v) is 1.98. The van der Waals surface area contributed by atoms with Crippen LogP contribution in [0.5, 0.6) is 0 Å². The van der Waals surface area contributed by atoms with Crippen LogP contribution in [0.15, 0.2) is 24.3 Å². The van der Waals surface area contributed by atoms with E-state index in [0.29, 0.717) is 6.61 Å². The molecule has 0 fully saturated rings. The number of benzene rings is 1. The van der Waals surface area contributed by atoms with E-state index in [4.69, 9.17) is 4.74 Å². The van der Waals surface area contributed by atoms with E-state index >= 15 is 0 Å². The van der Waals surface area contributed by atoms with E-state index < -0.39 is 6.09 Å². The molecule has 0 heterocycles. The number of amides is 1. The largest absolute Gasteiger partial charge is 0.450 e. The minimum atomic E-state index is -0.464. The van der Waals surface area contributed by atoms with E-state index in [1.165, 1.54) is 12.1 Å². The second-order valence-corrected chi connectivity index (χ2v) is 3.14. The molecule has 1 unspecified atom stereocenters. The van der Waals surface area contributed by atoms with Crippen LogP contribution in [-0.2, 0) is 4.74 Å². The zero-order chi connectivity index (χ0) is 11.3. The van der Waals surface area contributed by atoms with E-state index in [9.17, 15) is 9.18 Å². The zero-order valence-electron chi connectivity index (χ0n) is 8.79. The maximum absolute atomic E-state index is 12.6. The van der Waals surface area contributed by atoms with Gasteiger partial charge >= 0.3 is 6.09 Å². The average molecular weight is 211 g/mol. The summed E-state index contributed by atoms with van der Waals surface area (Å²) in [6.07, 6.45) is -0.464. The van der Waals surface area contributed by atoms with Crippen molar-refractivity contribution in [3.63, 3.8) is 0 Å². The predicted octanol–water partition coefficient (Wildman–Crippen LogP) is 2.63. The maximum atomic E-state index is 12.6. The summed E-state index contributed by atoms with van der Waals surface area (Å²) in [5.41, 5.74) is 0.837. The molecule has 1 aromatic carbocycles. The van der Waals surface area contributed by atoms with Crippen molar-refractivity contribution in [2.24, 2.45) is 0 Å². The zero-order valence-corrected chi connectivity index (χ0v) is 8.79. The summed E-state index contributed by atoms with van der Waals surface area (Å²) in [4.78, 5) is 11.1. The molecule has 0 aliphatic heterocycles. The van der Waals surface area contributed by atoms with Crippen LogP contribution in [0.4, 0.5) is 9.18 Å².